The summed E-state index contributed by atoms with van der Waals surface area (Å²) < 4.78 is 5.30. The molecule has 0 N–H and O–H groups in total. The number of fused-ring (bicyclic) bond motifs is 1. The Bertz CT molecular complexity index is 1280. The first kappa shape index (κ1) is 18.4. The van der Waals surface area contributed by atoms with E-state index in [1.807, 2.05) is 72.8 Å². The molecule has 0 spiro atoms. The Morgan fingerprint density at radius 2 is 1.41 bits per heavy atom. The molecule has 29 heavy (non-hydrogen) atoms. The maximum atomic E-state index is 12.3. The van der Waals surface area contributed by atoms with E-state index in [0.717, 1.165) is 27.6 Å². The van der Waals surface area contributed by atoms with Crippen molar-refractivity contribution in [1.82, 2.24) is 0 Å². The summed E-state index contributed by atoms with van der Waals surface area (Å²) in [5, 5.41) is 0.850. The van der Waals surface area contributed by atoms with E-state index in [0.29, 0.717) is 5.58 Å². The van der Waals surface area contributed by atoms with E-state index in [2.05, 4.69) is 0 Å². The molecule has 0 amide bonds. The second-order valence-electron chi connectivity index (χ2n) is 6.54. The summed E-state index contributed by atoms with van der Waals surface area (Å²) in [6.45, 7) is 0. The van der Waals surface area contributed by atoms with Gasteiger partial charge in [-0.2, -0.15) is 0 Å². The highest BCUT2D eigenvalue weighted by Gasteiger charge is 2.10. The van der Waals surface area contributed by atoms with Crippen LogP contribution < -0.4 is 5.63 Å². The fourth-order valence-corrected chi connectivity index (χ4v) is 3.19. The number of rotatable bonds is 5. The van der Waals surface area contributed by atoms with Crippen LogP contribution in [0.1, 0.15) is 11.1 Å². The Kier molecular flexibility index (Phi) is 5.30. The molecule has 0 aliphatic rings. The SMILES string of the molecule is O=C(C=Cc1ccccc1)C=Cc1ccccc1-c1cc(=O)oc2ccccc12. The second kappa shape index (κ2) is 8.36. The van der Waals surface area contributed by atoms with E-state index >= 15 is 0 Å². The van der Waals surface area contributed by atoms with Crippen LogP contribution in [0.5, 0.6) is 0 Å². The Morgan fingerprint density at radius 3 is 2.28 bits per heavy atom. The summed E-state index contributed by atoms with van der Waals surface area (Å²) in [6.07, 6.45) is 6.64. The van der Waals surface area contributed by atoms with E-state index in [4.69, 9.17) is 4.42 Å². The molecule has 4 rings (SSSR count). The van der Waals surface area contributed by atoms with Gasteiger partial charge < -0.3 is 4.42 Å². The number of para-hydroxylation sites is 1. The molecule has 3 aromatic carbocycles. The molecule has 0 radical (unpaired) electrons. The van der Waals surface area contributed by atoms with E-state index in [-0.39, 0.29) is 5.78 Å². The average Bonchev–Trinajstić information content (AvgIpc) is 2.76. The summed E-state index contributed by atoms with van der Waals surface area (Å²) in [6, 6.07) is 26.3. The third-order valence-electron chi connectivity index (χ3n) is 4.57. The molecule has 0 saturated carbocycles. The van der Waals surface area contributed by atoms with Gasteiger partial charge in [0.1, 0.15) is 5.58 Å². The first-order chi connectivity index (χ1) is 14.2. The van der Waals surface area contributed by atoms with Gasteiger partial charge in [0.2, 0.25) is 0 Å². The van der Waals surface area contributed by atoms with E-state index in [1.165, 1.54) is 12.1 Å². The molecule has 0 fully saturated rings. The van der Waals surface area contributed by atoms with Crippen LogP contribution >= 0.6 is 0 Å². The lowest BCUT2D eigenvalue weighted by Gasteiger charge is -2.08. The van der Waals surface area contributed by atoms with Gasteiger partial charge in [-0.1, -0.05) is 84.9 Å². The molecule has 3 nitrogen and oxygen atoms in total. The van der Waals surface area contributed by atoms with Crippen LogP contribution in [0.2, 0.25) is 0 Å². The third kappa shape index (κ3) is 4.30. The van der Waals surface area contributed by atoms with Crippen LogP contribution in [0.25, 0.3) is 34.2 Å². The number of hydrogen-bond acceptors (Lipinski definition) is 3. The van der Waals surface area contributed by atoms with Gasteiger partial charge in [0.25, 0.3) is 0 Å². The Labute approximate surface area is 168 Å². The quantitative estimate of drug-likeness (QED) is 0.328. The molecule has 1 aromatic heterocycles. The largest absolute Gasteiger partial charge is 0.423 e. The van der Waals surface area contributed by atoms with Gasteiger partial charge in [-0.3, -0.25) is 4.79 Å². The first-order valence-electron chi connectivity index (χ1n) is 9.28. The summed E-state index contributed by atoms with van der Waals surface area (Å²) in [4.78, 5) is 24.3. The van der Waals surface area contributed by atoms with Gasteiger partial charge in [-0.25, -0.2) is 4.79 Å². The lowest BCUT2D eigenvalue weighted by molar-refractivity contribution is -0.110. The van der Waals surface area contributed by atoms with Gasteiger partial charge in [-0.15, -0.1) is 0 Å². The number of benzene rings is 3. The minimum absolute atomic E-state index is 0.110. The minimum atomic E-state index is -0.403. The Morgan fingerprint density at radius 1 is 0.724 bits per heavy atom. The highest BCUT2D eigenvalue weighted by atomic mass is 16.4. The molecule has 140 valence electrons. The zero-order valence-electron chi connectivity index (χ0n) is 15.6. The molecule has 1 heterocycles. The van der Waals surface area contributed by atoms with Gasteiger partial charge in [0.15, 0.2) is 5.78 Å². The van der Waals surface area contributed by atoms with E-state index in [1.54, 1.807) is 24.3 Å². The van der Waals surface area contributed by atoms with Crippen LogP contribution in [0.4, 0.5) is 0 Å². The first-order valence-corrected chi connectivity index (χ1v) is 9.28. The summed E-state index contributed by atoms with van der Waals surface area (Å²) in [5.74, 6) is -0.110. The Hall–Kier alpha value is -3.98. The van der Waals surface area contributed by atoms with Crippen molar-refractivity contribution in [2.24, 2.45) is 0 Å². The predicted molar refractivity (Wildman–Crippen MR) is 117 cm³/mol. The van der Waals surface area contributed by atoms with Crippen molar-refractivity contribution in [2.45, 2.75) is 0 Å². The van der Waals surface area contributed by atoms with Crippen molar-refractivity contribution < 1.29 is 9.21 Å². The van der Waals surface area contributed by atoms with Crippen LogP contribution in [-0.4, -0.2) is 5.78 Å². The molecule has 0 atom stereocenters. The van der Waals surface area contributed by atoms with Gasteiger partial charge in [0, 0.05) is 17.0 Å². The fourth-order valence-electron chi connectivity index (χ4n) is 3.19. The molecule has 0 aliphatic carbocycles. The summed E-state index contributed by atoms with van der Waals surface area (Å²) in [7, 11) is 0. The summed E-state index contributed by atoms with van der Waals surface area (Å²) >= 11 is 0. The lowest BCUT2D eigenvalue weighted by atomic mass is 9.96. The molecule has 0 bridgehead atoms. The van der Waals surface area contributed by atoms with Crippen molar-refractivity contribution in [1.29, 1.82) is 0 Å². The van der Waals surface area contributed by atoms with Crippen molar-refractivity contribution >= 4 is 28.9 Å². The maximum Gasteiger partial charge on any atom is 0.336 e. The van der Waals surface area contributed by atoms with Crippen molar-refractivity contribution in [3.05, 3.63) is 119 Å². The molecule has 3 heteroatoms. The predicted octanol–water partition coefficient (Wildman–Crippen LogP) is 5.76. The van der Waals surface area contributed by atoms with Gasteiger partial charge in [-0.05, 0) is 34.9 Å². The number of allylic oxidation sites excluding steroid dienone is 2. The number of carbonyl (C=O) groups is 1. The fraction of sp³-hybridized carbons (Fsp3) is 0. The Balaban J connectivity index is 1.68. The number of carbonyl (C=O) groups excluding carboxylic acids is 1. The topological polar surface area (TPSA) is 47.3 Å². The van der Waals surface area contributed by atoms with Crippen molar-refractivity contribution in [2.75, 3.05) is 0 Å². The minimum Gasteiger partial charge on any atom is -0.423 e. The highest BCUT2D eigenvalue weighted by molar-refractivity contribution is 6.05. The van der Waals surface area contributed by atoms with Crippen molar-refractivity contribution in [3.8, 4) is 11.1 Å². The second-order valence-corrected chi connectivity index (χ2v) is 6.54. The standard InChI is InChI=1S/C26H18O3/c27-21(16-14-19-8-2-1-3-9-19)17-15-20-10-4-5-11-22(20)24-18-26(28)29-25-13-7-6-12-23(24)25/h1-18H. The van der Waals surface area contributed by atoms with Crippen molar-refractivity contribution in [3.63, 3.8) is 0 Å². The molecular formula is C26H18O3. The maximum absolute atomic E-state index is 12.3. The molecular weight excluding hydrogens is 360 g/mol. The van der Waals surface area contributed by atoms with Gasteiger partial charge in [0.05, 0.1) is 0 Å². The van der Waals surface area contributed by atoms with Crippen LogP contribution in [-0.2, 0) is 4.79 Å². The van der Waals surface area contributed by atoms with E-state index in [9.17, 15) is 9.59 Å². The molecule has 0 saturated heterocycles. The van der Waals surface area contributed by atoms with Gasteiger partial charge >= 0.3 is 5.63 Å². The molecule has 4 aromatic rings. The smallest absolute Gasteiger partial charge is 0.336 e. The normalized spacial score (nSPS) is 11.4. The number of ketones is 1. The lowest BCUT2D eigenvalue weighted by Crippen LogP contribution is -1.98. The molecule has 0 unspecified atom stereocenters. The van der Waals surface area contributed by atoms with Crippen LogP contribution in [0.15, 0.2) is 106 Å². The van der Waals surface area contributed by atoms with E-state index < -0.39 is 5.63 Å². The van der Waals surface area contributed by atoms with Crippen LogP contribution in [0.3, 0.4) is 0 Å². The highest BCUT2D eigenvalue weighted by Crippen LogP contribution is 2.30. The zero-order chi connectivity index (χ0) is 20.1. The van der Waals surface area contributed by atoms with Crippen LogP contribution in [0, 0.1) is 0 Å². The molecule has 0 aliphatic heterocycles. The monoisotopic (exact) mass is 378 g/mol. The zero-order valence-corrected chi connectivity index (χ0v) is 15.6. The number of hydrogen-bond donors (Lipinski definition) is 0. The summed E-state index contributed by atoms with van der Waals surface area (Å²) in [5.41, 5.74) is 3.61. The average molecular weight is 378 g/mol. The third-order valence-corrected chi connectivity index (χ3v) is 4.57.